The maximum atomic E-state index is 12.6. The molecule has 49 heavy (non-hydrogen) atoms. The number of benzene rings is 6. The van der Waals surface area contributed by atoms with Gasteiger partial charge in [-0.3, -0.25) is 19.7 Å². The Balaban J connectivity index is 0.000000118. The smallest absolute Gasteiger partial charge is 0.259 e. The molecule has 0 saturated carbocycles. The number of carbonyl (C=O) groups excluding carboxylic acids is 3. The number of imide groups is 1. The molecule has 3 amide bonds. The standard InChI is InChI=1S/C20H11N3O2.C20H13N3O/c24-19-15-13-9-5-1-3-7-11(9)21-17(13)18-14(16(15)20(25)23-19)10-6-2-4-8-12(10)22-18;24-20-17-12(9-21-20)15-10-5-1-3-7-13(10)22-18(15)19-16(17)11-6-2-4-8-14(11)23-19/h1-8,21-22H,(H,23,24,25);1-8,22-23H,9H2,(H,21,24). The van der Waals surface area contributed by atoms with Crippen molar-refractivity contribution in [3.8, 4) is 0 Å². The van der Waals surface area contributed by atoms with Crippen molar-refractivity contribution in [1.82, 2.24) is 30.6 Å². The van der Waals surface area contributed by atoms with Crippen molar-refractivity contribution < 1.29 is 14.4 Å². The highest BCUT2D eigenvalue weighted by molar-refractivity contribution is 6.39. The maximum Gasteiger partial charge on any atom is 0.259 e. The van der Waals surface area contributed by atoms with Gasteiger partial charge >= 0.3 is 0 Å². The number of hydrogen-bond acceptors (Lipinski definition) is 3. The molecule has 0 atom stereocenters. The summed E-state index contributed by atoms with van der Waals surface area (Å²) in [6.45, 7) is 0.585. The third-order valence-corrected chi connectivity index (χ3v) is 10.3. The van der Waals surface area contributed by atoms with Gasteiger partial charge < -0.3 is 25.3 Å². The van der Waals surface area contributed by atoms with Crippen molar-refractivity contribution >= 4 is 105 Å². The summed E-state index contributed by atoms with van der Waals surface area (Å²) >= 11 is 0. The van der Waals surface area contributed by atoms with Crippen LogP contribution in [0.25, 0.3) is 87.2 Å². The van der Waals surface area contributed by atoms with Crippen LogP contribution >= 0.6 is 0 Å². The Morgan fingerprint density at radius 2 is 0.735 bits per heavy atom. The molecular weight excluding hydrogens is 612 g/mol. The van der Waals surface area contributed by atoms with E-state index in [9.17, 15) is 14.4 Å². The first-order valence-electron chi connectivity index (χ1n) is 16.1. The molecule has 9 heteroatoms. The first-order valence-corrected chi connectivity index (χ1v) is 16.1. The van der Waals surface area contributed by atoms with Crippen LogP contribution in [-0.4, -0.2) is 37.7 Å². The predicted octanol–water partition coefficient (Wildman–Crippen LogP) is 8.04. The average Bonchev–Trinajstić information content (AvgIpc) is 3.96. The molecule has 0 aliphatic carbocycles. The van der Waals surface area contributed by atoms with Gasteiger partial charge in [0, 0.05) is 71.7 Å². The summed E-state index contributed by atoms with van der Waals surface area (Å²) in [6.07, 6.45) is 0. The van der Waals surface area contributed by atoms with Gasteiger partial charge in [0.2, 0.25) is 0 Å². The van der Waals surface area contributed by atoms with Crippen LogP contribution < -0.4 is 10.6 Å². The molecule has 9 nitrogen and oxygen atoms in total. The Bertz CT molecular complexity index is 3050. The molecule has 6 N–H and O–H groups in total. The zero-order chi connectivity index (χ0) is 32.5. The largest absolute Gasteiger partial charge is 0.353 e. The SMILES string of the molecule is O=C1NC(=O)c2c1c1c3ccccc3[nH]c1c1[nH]c3ccccc3c21.O=C1NCc2c1c1c3ccccc3[nH]c1c1[nH]c3ccccc3c21. The van der Waals surface area contributed by atoms with Crippen LogP contribution in [0.2, 0.25) is 0 Å². The summed E-state index contributed by atoms with van der Waals surface area (Å²) in [5.74, 6) is -0.643. The van der Waals surface area contributed by atoms with Gasteiger partial charge in [0.15, 0.2) is 0 Å². The summed E-state index contributed by atoms with van der Waals surface area (Å²) in [5, 5.41) is 13.4. The van der Waals surface area contributed by atoms with Crippen LogP contribution in [0, 0.1) is 0 Å². The number of aromatic nitrogens is 4. The van der Waals surface area contributed by atoms with Gasteiger partial charge in [-0.25, -0.2) is 0 Å². The van der Waals surface area contributed by atoms with Gasteiger partial charge in [-0.05, 0) is 29.8 Å². The van der Waals surface area contributed by atoms with Crippen molar-refractivity contribution in [2.75, 3.05) is 0 Å². The number of rotatable bonds is 0. The van der Waals surface area contributed by atoms with Crippen LogP contribution in [0.5, 0.6) is 0 Å². The van der Waals surface area contributed by atoms with Crippen molar-refractivity contribution in [3.63, 3.8) is 0 Å². The van der Waals surface area contributed by atoms with Crippen molar-refractivity contribution in [2.24, 2.45) is 0 Å². The molecule has 12 rings (SSSR count). The Morgan fingerprint density at radius 3 is 1.16 bits per heavy atom. The molecule has 10 aromatic rings. The van der Waals surface area contributed by atoms with Crippen LogP contribution in [0.1, 0.15) is 36.6 Å². The van der Waals surface area contributed by atoms with E-state index in [4.69, 9.17) is 0 Å². The molecule has 232 valence electrons. The molecule has 0 spiro atoms. The third-order valence-electron chi connectivity index (χ3n) is 10.3. The number of nitrogens with one attached hydrogen (secondary N) is 6. The maximum absolute atomic E-state index is 12.6. The van der Waals surface area contributed by atoms with Gasteiger partial charge in [0.1, 0.15) is 0 Å². The zero-order valence-electron chi connectivity index (χ0n) is 25.7. The zero-order valence-corrected chi connectivity index (χ0v) is 25.7. The molecule has 2 aliphatic heterocycles. The molecule has 6 heterocycles. The van der Waals surface area contributed by atoms with Crippen molar-refractivity contribution in [1.29, 1.82) is 0 Å². The van der Waals surface area contributed by atoms with E-state index >= 15 is 0 Å². The molecular formula is C40H24N6O3. The number of H-pyrrole nitrogens is 4. The van der Waals surface area contributed by atoms with Crippen LogP contribution in [0.15, 0.2) is 97.1 Å². The summed E-state index contributed by atoms with van der Waals surface area (Å²) in [7, 11) is 0. The quantitative estimate of drug-likeness (QED) is 0.0940. The van der Waals surface area contributed by atoms with E-state index in [1.807, 2.05) is 72.8 Å². The highest BCUT2D eigenvalue weighted by atomic mass is 16.2. The summed E-state index contributed by atoms with van der Waals surface area (Å²) in [6, 6.07) is 32.1. The minimum atomic E-state index is -0.332. The molecule has 0 saturated heterocycles. The predicted molar refractivity (Wildman–Crippen MR) is 193 cm³/mol. The third kappa shape index (κ3) is 3.30. The lowest BCUT2D eigenvalue weighted by atomic mass is 9.97. The Labute approximate surface area is 275 Å². The number of aromatic amines is 4. The average molecular weight is 637 g/mol. The first-order chi connectivity index (χ1) is 24.1. The summed E-state index contributed by atoms with van der Waals surface area (Å²) in [4.78, 5) is 51.7. The topological polar surface area (TPSA) is 138 Å². The van der Waals surface area contributed by atoms with Crippen LogP contribution in [0.4, 0.5) is 0 Å². The van der Waals surface area contributed by atoms with Crippen molar-refractivity contribution in [2.45, 2.75) is 6.54 Å². The fourth-order valence-electron chi connectivity index (χ4n) is 8.30. The fourth-order valence-corrected chi connectivity index (χ4v) is 8.30. The Morgan fingerprint density at radius 1 is 0.388 bits per heavy atom. The van der Waals surface area contributed by atoms with E-state index in [1.165, 1.54) is 5.39 Å². The molecule has 0 unspecified atom stereocenters. The number of fused-ring (bicyclic) bond motifs is 20. The highest BCUT2D eigenvalue weighted by Crippen LogP contribution is 2.43. The van der Waals surface area contributed by atoms with E-state index in [2.05, 4.69) is 54.8 Å². The van der Waals surface area contributed by atoms with E-state index in [1.54, 1.807) is 0 Å². The first kappa shape index (κ1) is 26.2. The van der Waals surface area contributed by atoms with Crippen molar-refractivity contribution in [3.05, 3.63) is 119 Å². The molecule has 6 aromatic carbocycles. The monoisotopic (exact) mass is 636 g/mol. The summed E-state index contributed by atoms with van der Waals surface area (Å²) in [5.41, 5.74) is 10.7. The second kappa shape index (κ2) is 9.14. The normalized spacial score (nSPS) is 14.1. The molecule has 2 aliphatic rings. The second-order valence-corrected chi connectivity index (χ2v) is 12.8. The number of amides is 3. The fraction of sp³-hybridized carbons (Fsp3) is 0.0250. The number of carbonyl (C=O) groups is 3. The summed E-state index contributed by atoms with van der Waals surface area (Å²) < 4.78 is 0. The van der Waals surface area contributed by atoms with Gasteiger partial charge in [-0.2, -0.15) is 0 Å². The minimum Gasteiger partial charge on any atom is -0.353 e. The lowest BCUT2D eigenvalue weighted by Crippen LogP contribution is -2.20. The molecule has 0 radical (unpaired) electrons. The lowest BCUT2D eigenvalue weighted by molar-refractivity contribution is 0.0879. The second-order valence-electron chi connectivity index (χ2n) is 12.8. The van der Waals surface area contributed by atoms with Gasteiger partial charge in [0.05, 0.1) is 38.8 Å². The van der Waals surface area contributed by atoms with Crippen LogP contribution in [-0.2, 0) is 6.54 Å². The number of para-hydroxylation sites is 4. The van der Waals surface area contributed by atoms with E-state index in [0.29, 0.717) is 17.7 Å². The minimum absolute atomic E-state index is 0.0203. The van der Waals surface area contributed by atoms with E-state index < -0.39 is 0 Å². The van der Waals surface area contributed by atoms with Crippen LogP contribution in [0.3, 0.4) is 0 Å². The lowest BCUT2D eigenvalue weighted by Gasteiger charge is -2.03. The van der Waals surface area contributed by atoms with Gasteiger partial charge in [-0.1, -0.05) is 72.8 Å². The molecule has 0 bridgehead atoms. The molecule has 4 aromatic heterocycles. The van der Waals surface area contributed by atoms with E-state index in [-0.39, 0.29) is 17.7 Å². The van der Waals surface area contributed by atoms with Gasteiger partial charge in [-0.15, -0.1) is 0 Å². The van der Waals surface area contributed by atoms with E-state index in [0.717, 1.165) is 93.0 Å². The van der Waals surface area contributed by atoms with Gasteiger partial charge in [0.25, 0.3) is 17.7 Å². The Kier molecular flexibility index (Phi) is 4.89. The Hall–Kier alpha value is -6.87. The molecule has 0 fully saturated rings. The number of hydrogen-bond donors (Lipinski definition) is 6. The highest BCUT2D eigenvalue weighted by Gasteiger charge is 2.35.